The first-order valence-corrected chi connectivity index (χ1v) is 6.70. The number of para-hydroxylation sites is 2. The van der Waals surface area contributed by atoms with E-state index in [4.69, 9.17) is 4.74 Å². The van der Waals surface area contributed by atoms with Crippen LogP contribution in [0.25, 0.3) is 5.69 Å². The van der Waals surface area contributed by atoms with Gasteiger partial charge in [-0.25, -0.2) is 14.5 Å². The number of aromatic amines is 1. The molecule has 1 N–H and O–H groups in total. The van der Waals surface area contributed by atoms with Crippen molar-refractivity contribution in [1.29, 1.82) is 0 Å². The van der Waals surface area contributed by atoms with E-state index >= 15 is 0 Å². The number of rotatable bonds is 4. The third kappa shape index (κ3) is 2.05. The molecule has 5 heteroatoms. The summed E-state index contributed by atoms with van der Waals surface area (Å²) in [5.74, 6) is 1.92. The molecule has 3 rings (SSSR count). The molecule has 19 heavy (non-hydrogen) atoms. The molecule has 100 valence electrons. The van der Waals surface area contributed by atoms with Crippen molar-refractivity contribution < 1.29 is 4.74 Å². The second-order valence-electron chi connectivity index (χ2n) is 4.75. The van der Waals surface area contributed by atoms with Crippen molar-refractivity contribution in [2.45, 2.75) is 32.1 Å². The Bertz CT molecular complexity index is 626. The van der Waals surface area contributed by atoms with Crippen LogP contribution in [0.3, 0.4) is 0 Å². The van der Waals surface area contributed by atoms with Gasteiger partial charge >= 0.3 is 5.69 Å². The minimum Gasteiger partial charge on any atom is -0.492 e. The predicted octanol–water partition coefficient (Wildman–Crippen LogP) is 2.23. The summed E-state index contributed by atoms with van der Waals surface area (Å²) in [5.41, 5.74) is 0.569. The van der Waals surface area contributed by atoms with Crippen LogP contribution in [0, 0.1) is 0 Å². The van der Waals surface area contributed by atoms with Gasteiger partial charge in [0.05, 0.1) is 12.3 Å². The minimum atomic E-state index is -0.200. The maximum atomic E-state index is 12.0. The van der Waals surface area contributed by atoms with Crippen LogP contribution in [0.4, 0.5) is 0 Å². The highest BCUT2D eigenvalue weighted by Gasteiger charge is 2.27. The van der Waals surface area contributed by atoms with Gasteiger partial charge in [-0.15, -0.1) is 0 Å². The molecular formula is C14H17N3O2. The molecule has 1 saturated carbocycles. The normalized spacial score (nSPS) is 15.2. The van der Waals surface area contributed by atoms with Crippen molar-refractivity contribution in [2.75, 3.05) is 6.61 Å². The number of nitrogens with one attached hydrogen (secondary N) is 1. The van der Waals surface area contributed by atoms with Crippen molar-refractivity contribution in [1.82, 2.24) is 14.8 Å². The minimum absolute atomic E-state index is 0.200. The third-order valence-electron chi connectivity index (χ3n) is 3.57. The largest absolute Gasteiger partial charge is 0.492 e. The summed E-state index contributed by atoms with van der Waals surface area (Å²) < 4.78 is 7.25. The Labute approximate surface area is 111 Å². The number of H-pyrrole nitrogens is 1. The SMILES string of the molecule is CCOc1ccccc1-n1c(C2CCC2)n[nH]c1=O. The fraction of sp³-hybridized carbons (Fsp3) is 0.429. The van der Waals surface area contributed by atoms with Crippen molar-refractivity contribution in [3.05, 3.63) is 40.6 Å². The first kappa shape index (κ1) is 12.0. The van der Waals surface area contributed by atoms with Gasteiger partial charge in [0.25, 0.3) is 0 Å². The Kier molecular flexibility index (Phi) is 3.11. The summed E-state index contributed by atoms with van der Waals surface area (Å²) in [6.45, 7) is 2.50. The molecular weight excluding hydrogens is 242 g/mol. The lowest BCUT2D eigenvalue weighted by Gasteiger charge is -2.24. The van der Waals surface area contributed by atoms with E-state index in [1.54, 1.807) is 4.57 Å². The van der Waals surface area contributed by atoms with Gasteiger partial charge in [-0.3, -0.25) is 0 Å². The Morgan fingerprint density at radius 1 is 1.42 bits per heavy atom. The molecule has 0 unspecified atom stereocenters. The summed E-state index contributed by atoms with van der Waals surface area (Å²) in [5, 5.41) is 6.74. The van der Waals surface area contributed by atoms with E-state index in [1.807, 2.05) is 31.2 Å². The molecule has 0 saturated heterocycles. The number of nitrogens with zero attached hydrogens (tertiary/aromatic N) is 2. The summed E-state index contributed by atoms with van der Waals surface area (Å²) >= 11 is 0. The highest BCUT2D eigenvalue weighted by atomic mass is 16.5. The van der Waals surface area contributed by atoms with Gasteiger partial charge in [-0.05, 0) is 31.9 Å². The Morgan fingerprint density at radius 2 is 2.21 bits per heavy atom. The number of ether oxygens (including phenoxy) is 1. The van der Waals surface area contributed by atoms with Crippen LogP contribution < -0.4 is 10.4 Å². The van der Waals surface area contributed by atoms with Crippen LogP contribution >= 0.6 is 0 Å². The molecule has 0 spiro atoms. The predicted molar refractivity (Wildman–Crippen MR) is 71.9 cm³/mol. The van der Waals surface area contributed by atoms with Crippen molar-refractivity contribution in [3.8, 4) is 11.4 Å². The van der Waals surface area contributed by atoms with E-state index in [-0.39, 0.29) is 5.69 Å². The molecule has 5 nitrogen and oxygen atoms in total. The molecule has 2 aromatic rings. The van der Waals surface area contributed by atoms with Crippen LogP contribution in [-0.2, 0) is 0 Å². The fourth-order valence-electron chi connectivity index (χ4n) is 2.40. The molecule has 1 aromatic carbocycles. The standard InChI is InChI=1S/C14H17N3O2/c1-2-19-12-9-4-3-8-11(12)17-13(10-6-5-7-10)15-16-14(17)18/h3-4,8-10H,2,5-7H2,1H3,(H,16,18). The van der Waals surface area contributed by atoms with Crippen molar-refractivity contribution in [3.63, 3.8) is 0 Å². The van der Waals surface area contributed by atoms with E-state index in [0.717, 1.165) is 24.4 Å². The summed E-state index contributed by atoms with van der Waals surface area (Å²) in [7, 11) is 0. The lowest BCUT2D eigenvalue weighted by molar-refractivity contribution is 0.337. The van der Waals surface area contributed by atoms with Crippen molar-refractivity contribution in [2.24, 2.45) is 0 Å². The van der Waals surface area contributed by atoms with Gasteiger partial charge in [0.2, 0.25) is 0 Å². The Balaban J connectivity index is 2.11. The molecule has 0 aliphatic heterocycles. The number of benzene rings is 1. The molecule has 0 amide bonds. The average Bonchev–Trinajstić information content (AvgIpc) is 2.70. The first-order valence-electron chi connectivity index (χ1n) is 6.70. The second kappa shape index (κ2) is 4.91. The zero-order chi connectivity index (χ0) is 13.2. The van der Waals surface area contributed by atoms with Crippen LogP contribution in [0.5, 0.6) is 5.75 Å². The highest BCUT2D eigenvalue weighted by Crippen LogP contribution is 2.36. The van der Waals surface area contributed by atoms with Gasteiger partial charge in [-0.2, -0.15) is 5.10 Å². The van der Waals surface area contributed by atoms with E-state index in [9.17, 15) is 4.79 Å². The van der Waals surface area contributed by atoms with E-state index < -0.39 is 0 Å². The number of hydrogen-bond donors (Lipinski definition) is 1. The van der Waals surface area contributed by atoms with Gasteiger partial charge in [0.15, 0.2) is 0 Å². The molecule has 1 aliphatic rings. The topological polar surface area (TPSA) is 59.9 Å². The molecule has 0 atom stereocenters. The molecule has 0 radical (unpaired) electrons. The fourth-order valence-corrected chi connectivity index (χ4v) is 2.40. The number of aromatic nitrogens is 3. The highest BCUT2D eigenvalue weighted by molar-refractivity contribution is 5.47. The monoisotopic (exact) mass is 259 g/mol. The lowest BCUT2D eigenvalue weighted by atomic mass is 9.85. The maximum absolute atomic E-state index is 12.0. The summed E-state index contributed by atoms with van der Waals surface area (Å²) in [4.78, 5) is 12.0. The second-order valence-corrected chi connectivity index (χ2v) is 4.75. The molecule has 0 bridgehead atoms. The molecule has 1 aliphatic carbocycles. The van der Waals surface area contributed by atoms with Crippen LogP contribution in [0.1, 0.15) is 37.9 Å². The molecule has 1 aromatic heterocycles. The van der Waals surface area contributed by atoms with Crippen LogP contribution in [0.15, 0.2) is 29.1 Å². The molecule has 1 heterocycles. The van der Waals surface area contributed by atoms with Gasteiger partial charge < -0.3 is 4.74 Å². The number of hydrogen-bond acceptors (Lipinski definition) is 3. The van der Waals surface area contributed by atoms with E-state index in [0.29, 0.717) is 18.3 Å². The van der Waals surface area contributed by atoms with Crippen LogP contribution in [-0.4, -0.2) is 21.4 Å². The third-order valence-corrected chi connectivity index (χ3v) is 3.57. The quantitative estimate of drug-likeness (QED) is 0.916. The first-order chi connectivity index (χ1) is 9.31. The zero-order valence-corrected chi connectivity index (χ0v) is 10.9. The summed E-state index contributed by atoms with van der Waals surface area (Å²) in [6, 6.07) is 7.58. The smallest absolute Gasteiger partial charge is 0.348 e. The van der Waals surface area contributed by atoms with Crippen molar-refractivity contribution >= 4 is 0 Å². The zero-order valence-electron chi connectivity index (χ0n) is 10.9. The maximum Gasteiger partial charge on any atom is 0.348 e. The van der Waals surface area contributed by atoms with Gasteiger partial charge in [0, 0.05) is 5.92 Å². The molecule has 1 fully saturated rings. The van der Waals surface area contributed by atoms with Gasteiger partial charge in [0.1, 0.15) is 11.6 Å². The Hall–Kier alpha value is -2.04. The van der Waals surface area contributed by atoms with E-state index in [2.05, 4.69) is 10.2 Å². The van der Waals surface area contributed by atoms with Gasteiger partial charge in [-0.1, -0.05) is 18.6 Å². The Morgan fingerprint density at radius 3 is 2.89 bits per heavy atom. The lowest BCUT2D eigenvalue weighted by Crippen LogP contribution is -2.21. The van der Waals surface area contributed by atoms with Crippen LogP contribution in [0.2, 0.25) is 0 Å². The van der Waals surface area contributed by atoms with E-state index in [1.165, 1.54) is 6.42 Å². The summed E-state index contributed by atoms with van der Waals surface area (Å²) in [6.07, 6.45) is 3.40. The average molecular weight is 259 g/mol.